The van der Waals surface area contributed by atoms with E-state index < -0.39 is 5.97 Å². The fourth-order valence-corrected chi connectivity index (χ4v) is 2.27. The lowest BCUT2D eigenvalue weighted by Crippen LogP contribution is -2.09. The largest absolute Gasteiger partial charge is 0.475 e. The van der Waals surface area contributed by atoms with Gasteiger partial charge >= 0.3 is 5.97 Å². The summed E-state index contributed by atoms with van der Waals surface area (Å²) < 4.78 is 0. The van der Waals surface area contributed by atoms with Crippen molar-refractivity contribution in [3.05, 3.63) is 53.6 Å². The van der Waals surface area contributed by atoms with Gasteiger partial charge in [0.05, 0.1) is 0 Å². The Kier molecular flexibility index (Phi) is 2.04. The molecule has 1 aromatic heterocycles. The molecule has 0 spiro atoms. The highest BCUT2D eigenvalue weighted by atomic mass is 16.4. The smallest absolute Gasteiger partial charge is 0.371 e. The van der Waals surface area contributed by atoms with Gasteiger partial charge in [0.2, 0.25) is 5.82 Å². The number of hydrogen-bond acceptors (Lipinski definition) is 2. The number of hydrogen-bond donors (Lipinski definition) is 2. The summed E-state index contributed by atoms with van der Waals surface area (Å²) in [5.74, 6) is -0.998. The average molecular weight is 228 g/mol. The molecular weight excluding hydrogens is 216 g/mol. The van der Waals surface area contributed by atoms with E-state index in [1.54, 1.807) is 6.20 Å². The third-order valence-electron chi connectivity index (χ3n) is 3.37. The zero-order chi connectivity index (χ0) is 11.9. The summed E-state index contributed by atoms with van der Waals surface area (Å²) in [6.45, 7) is 0. The second-order valence-corrected chi connectivity index (χ2v) is 4.40. The summed E-state index contributed by atoms with van der Waals surface area (Å²) in [5, 5.41) is 8.86. The van der Waals surface area contributed by atoms with E-state index in [9.17, 15) is 4.79 Å². The lowest BCUT2D eigenvalue weighted by molar-refractivity contribution is 0.0684. The van der Waals surface area contributed by atoms with Crippen LogP contribution >= 0.6 is 0 Å². The number of benzene rings is 1. The molecule has 0 radical (unpaired) electrons. The van der Waals surface area contributed by atoms with Crippen LogP contribution in [0.5, 0.6) is 0 Å². The van der Waals surface area contributed by atoms with E-state index in [-0.39, 0.29) is 11.2 Å². The summed E-state index contributed by atoms with van der Waals surface area (Å²) in [6.07, 6.45) is 3.72. The Labute approximate surface area is 98.3 Å². The first-order chi connectivity index (χ1) is 8.22. The molecule has 2 N–H and O–H groups in total. The first-order valence-electron chi connectivity index (χ1n) is 5.57. The first-order valence-corrected chi connectivity index (χ1v) is 5.57. The van der Waals surface area contributed by atoms with Gasteiger partial charge in [-0.1, -0.05) is 30.3 Å². The summed E-state index contributed by atoms with van der Waals surface area (Å²) in [4.78, 5) is 17.6. The van der Waals surface area contributed by atoms with Gasteiger partial charge < -0.3 is 10.1 Å². The van der Waals surface area contributed by atoms with Crippen molar-refractivity contribution in [2.45, 2.75) is 18.3 Å². The fourth-order valence-electron chi connectivity index (χ4n) is 2.27. The lowest BCUT2D eigenvalue weighted by Gasteiger charge is -2.13. The third kappa shape index (κ3) is 1.53. The monoisotopic (exact) mass is 228 g/mol. The summed E-state index contributed by atoms with van der Waals surface area (Å²) in [6, 6.07) is 10.1. The maximum Gasteiger partial charge on any atom is 0.371 e. The van der Waals surface area contributed by atoms with Crippen LogP contribution in [0.1, 0.15) is 34.7 Å². The minimum Gasteiger partial charge on any atom is -0.475 e. The highest BCUT2D eigenvalue weighted by Gasteiger charge is 2.47. The summed E-state index contributed by atoms with van der Waals surface area (Å²) in [7, 11) is 0. The van der Waals surface area contributed by atoms with Gasteiger partial charge in [-0.15, -0.1) is 0 Å². The highest BCUT2D eigenvalue weighted by molar-refractivity contribution is 5.83. The fraction of sp³-hybridized carbons (Fsp3) is 0.231. The zero-order valence-corrected chi connectivity index (χ0v) is 9.18. The molecule has 17 heavy (non-hydrogen) atoms. The van der Waals surface area contributed by atoms with Crippen molar-refractivity contribution < 1.29 is 9.90 Å². The molecule has 1 aromatic carbocycles. The number of carboxylic acids is 1. The molecule has 1 heterocycles. The maximum atomic E-state index is 10.8. The van der Waals surface area contributed by atoms with E-state index in [2.05, 4.69) is 22.1 Å². The molecule has 0 atom stereocenters. The van der Waals surface area contributed by atoms with Gasteiger partial charge in [0, 0.05) is 17.3 Å². The van der Waals surface area contributed by atoms with Crippen LogP contribution in [0.2, 0.25) is 0 Å². The van der Waals surface area contributed by atoms with Crippen molar-refractivity contribution in [3.63, 3.8) is 0 Å². The molecule has 4 nitrogen and oxygen atoms in total. The first kappa shape index (κ1) is 10.1. The molecule has 0 amide bonds. The highest BCUT2D eigenvalue weighted by Crippen LogP contribution is 2.52. The predicted molar refractivity (Wildman–Crippen MR) is 62.0 cm³/mol. The van der Waals surface area contributed by atoms with Crippen LogP contribution in [0.3, 0.4) is 0 Å². The van der Waals surface area contributed by atoms with Gasteiger partial charge in [-0.25, -0.2) is 9.78 Å². The maximum absolute atomic E-state index is 10.8. The minimum absolute atomic E-state index is 0.0159. The number of aromatic nitrogens is 2. The number of aromatic amines is 1. The molecule has 4 heteroatoms. The molecule has 0 aliphatic heterocycles. The Hall–Kier alpha value is -2.10. The van der Waals surface area contributed by atoms with E-state index in [0.29, 0.717) is 0 Å². The van der Waals surface area contributed by atoms with E-state index in [0.717, 1.165) is 18.5 Å². The van der Waals surface area contributed by atoms with Crippen LogP contribution in [-0.2, 0) is 5.41 Å². The number of carbonyl (C=O) groups is 1. The van der Waals surface area contributed by atoms with Crippen molar-refractivity contribution in [2.75, 3.05) is 0 Å². The number of rotatable bonds is 3. The van der Waals surface area contributed by atoms with E-state index in [1.807, 2.05) is 18.2 Å². The molecule has 1 saturated carbocycles. The number of nitrogens with one attached hydrogen (secondary N) is 1. The molecule has 0 saturated heterocycles. The Bertz CT molecular complexity index is 556. The Morgan fingerprint density at radius 1 is 1.29 bits per heavy atom. The predicted octanol–water partition coefficient (Wildman–Crippen LogP) is 2.19. The SMILES string of the molecule is O=C(O)c1ncc(C2(c3ccccc3)CC2)[nH]1. The van der Waals surface area contributed by atoms with Gasteiger partial charge in [-0.05, 0) is 18.4 Å². The van der Waals surface area contributed by atoms with Gasteiger partial charge in [-0.2, -0.15) is 0 Å². The second-order valence-electron chi connectivity index (χ2n) is 4.40. The Morgan fingerprint density at radius 3 is 2.53 bits per heavy atom. The van der Waals surface area contributed by atoms with Gasteiger partial charge in [0.1, 0.15) is 0 Å². The van der Waals surface area contributed by atoms with Crippen molar-refractivity contribution in [1.29, 1.82) is 0 Å². The van der Waals surface area contributed by atoms with E-state index in [4.69, 9.17) is 5.11 Å². The molecule has 3 rings (SSSR count). The summed E-state index contributed by atoms with van der Waals surface area (Å²) >= 11 is 0. The molecular formula is C13H12N2O2. The molecule has 0 unspecified atom stereocenters. The molecule has 1 aliphatic rings. The number of nitrogens with zero attached hydrogens (tertiary/aromatic N) is 1. The summed E-state index contributed by atoms with van der Waals surface area (Å²) in [5.41, 5.74) is 2.09. The molecule has 2 aromatic rings. The topological polar surface area (TPSA) is 66.0 Å². The standard InChI is InChI=1S/C13H12N2O2/c16-12(17)11-14-8-10(15-11)13(6-7-13)9-4-2-1-3-5-9/h1-5,8H,6-7H2,(H,14,15)(H,16,17). The quantitative estimate of drug-likeness (QED) is 0.846. The van der Waals surface area contributed by atoms with Gasteiger partial charge in [-0.3, -0.25) is 0 Å². The molecule has 1 fully saturated rings. The van der Waals surface area contributed by atoms with Crippen molar-refractivity contribution in [3.8, 4) is 0 Å². The van der Waals surface area contributed by atoms with Crippen LogP contribution in [0.4, 0.5) is 0 Å². The van der Waals surface area contributed by atoms with Crippen molar-refractivity contribution in [1.82, 2.24) is 9.97 Å². The molecule has 0 bridgehead atoms. The Balaban J connectivity index is 2.01. The Morgan fingerprint density at radius 2 is 2.00 bits per heavy atom. The molecule has 86 valence electrons. The van der Waals surface area contributed by atoms with Crippen LogP contribution < -0.4 is 0 Å². The second kappa shape index (κ2) is 3.45. The number of carboxylic acid groups (broad SMARTS) is 1. The van der Waals surface area contributed by atoms with Crippen molar-refractivity contribution >= 4 is 5.97 Å². The van der Waals surface area contributed by atoms with Gasteiger partial charge in [0.25, 0.3) is 0 Å². The third-order valence-corrected chi connectivity index (χ3v) is 3.37. The lowest BCUT2D eigenvalue weighted by atomic mass is 9.93. The van der Waals surface area contributed by atoms with Crippen LogP contribution in [-0.4, -0.2) is 21.0 Å². The van der Waals surface area contributed by atoms with E-state index >= 15 is 0 Å². The normalized spacial score (nSPS) is 16.7. The van der Waals surface area contributed by atoms with Gasteiger partial charge in [0.15, 0.2) is 0 Å². The van der Waals surface area contributed by atoms with Crippen LogP contribution in [0, 0.1) is 0 Å². The molecule has 1 aliphatic carbocycles. The number of imidazole rings is 1. The van der Waals surface area contributed by atoms with Crippen molar-refractivity contribution in [2.24, 2.45) is 0 Å². The van der Waals surface area contributed by atoms with Crippen LogP contribution in [0.25, 0.3) is 0 Å². The number of H-pyrrole nitrogens is 1. The minimum atomic E-state index is -1.01. The van der Waals surface area contributed by atoms with Crippen LogP contribution in [0.15, 0.2) is 36.5 Å². The zero-order valence-electron chi connectivity index (χ0n) is 9.18. The average Bonchev–Trinajstić information content (AvgIpc) is 3.00. The number of aromatic carboxylic acids is 1. The van der Waals surface area contributed by atoms with E-state index in [1.165, 1.54) is 5.56 Å².